The van der Waals surface area contributed by atoms with E-state index in [4.69, 9.17) is 9.15 Å². The molecule has 1 amide bonds. The second-order valence-electron chi connectivity index (χ2n) is 5.41. The Labute approximate surface area is 123 Å². The molecule has 1 aliphatic carbocycles. The van der Waals surface area contributed by atoms with E-state index >= 15 is 0 Å². The molecule has 5 nitrogen and oxygen atoms in total. The summed E-state index contributed by atoms with van der Waals surface area (Å²) in [5.74, 6) is 0.556. The Morgan fingerprint density at radius 1 is 1.38 bits per heavy atom. The number of hydrogen-bond donors (Lipinski definition) is 1. The minimum Gasteiger partial charge on any atom is -0.446 e. The van der Waals surface area contributed by atoms with Crippen LogP contribution in [-0.2, 0) is 4.74 Å². The largest absolute Gasteiger partial charge is 0.446 e. The molecule has 2 aromatic rings. The van der Waals surface area contributed by atoms with E-state index in [-0.39, 0.29) is 6.10 Å². The molecule has 1 aliphatic rings. The Morgan fingerprint density at radius 2 is 2.19 bits per heavy atom. The number of aryl methyl sites for hydroxylation is 2. The number of nitrogens with one attached hydrogen (secondary N) is 1. The average Bonchev–Trinajstić information content (AvgIpc) is 2.83. The van der Waals surface area contributed by atoms with Crippen molar-refractivity contribution in [1.29, 1.82) is 0 Å². The van der Waals surface area contributed by atoms with Crippen molar-refractivity contribution in [2.75, 3.05) is 5.32 Å². The van der Waals surface area contributed by atoms with Crippen molar-refractivity contribution in [2.24, 2.45) is 0 Å². The zero-order valence-electron chi connectivity index (χ0n) is 12.2. The van der Waals surface area contributed by atoms with Crippen LogP contribution in [0.3, 0.4) is 0 Å². The molecule has 1 aromatic carbocycles. The lowest BCUT2D eigenvalue weighted by Crippen LogP contribution is -2.27. The molecule has 0 radical (unpaired) electrons. The van der Waals surface area contributed by atoms with Crippen LogP contribution in [0.4, 0.5) is 10.5 Å². The third-order valence-electron chi connectivity index (χ3n) is 3.66. The molecule has 0 unspecified atom stereocenters. The summed E-state index contributed by atoms with van der Waals surface area (Å²) in [7, 11) is 0. The number of anilines is 1. The zero-order chi connectivity index (χ0) is 14.8. The molecule has 5 heteroatoms. The molecule has 1 heterocycles. The fourth-order valence-electron chi connectivity index (χ4n) is 2.20. The first kappa shape index (κ1) is 13.7. The molecule has 1 fully saturated rings. The van der Waals surface area contributed by atoms with Gasteiger partial charge in [-0.15, -0.1) is 0 Å². The van der Waals surface area contributed by atoms with E-state index in [0.717, 1.165) is 36.1 Å². The minimum absolute atomic E-state index is 0.0734. The summed E-state index contributed by atoms with van der Waals surface area (Å²) in [6.07, 6.45) is 4.34. The molecule has 3 rings (SSSR count). The molecule has 1 N–H and O–H groups in total. The standard InChI is InChI=1S/C16H18N2O3/c1-10-6-7-12(18-16(19)21-13-4-3-5-13)8-14(10)15-17-11(2)9-20-15/h6-9,13H,3-5H2,1-2H3,(H,18,19). The third kappa shape index (κ3) is 3.07. The Morgan fingerprint density at radius 3 is 2.81 bits per heavy atom. The van der Waals surface area contributed by atoms with Crippen LogP contribution in [0.2, 0.25) is 0 Å². The molecule has 0 aliphatic heterocycles. The summed E-state index contributed by atoms with van der Waals surface area (Å²) >= 11 is 0. The van der Waals surface area contributed by atoms with E-state index in [2.05, 4.69) is 10.3 Å². The summed E-state index contributed by atoms with van der Waals surface area (Å²) in [6, 6.07) is 5.62. The van der Waals surface area contributed by atoms with Crippen LogP contribution < -0.4 is 5.32 Å². The van der Waals surface area contributed by atoms with Gasteiger partial charge in [-0.2, -0.15) is 0 Å². The summed E-state index contributed by atoms with van der Waals surface area (Å²) in [6.45, 7) is 3.85. The van der Waals surface area contributed by atoms with Crippen molar-refractivity contribution >= 4 is 11.8 Å². The van der Waals surface area contributed by atoms with Crippen LogP contribution in [0.5, 0.6) is 0 Å². The molecule has 110 valence electrons. The first-order chi connectivity index (χ1) is 10.1. The minimum atomic E-state index is -0.405. The average molecular weight is 286 g/mol. The van der Waals surface area contributed by atoms with E-state index in [1.807, 2.05) is 32.0 Å². The normalized spacial score (nSPS) is 14.6. The zero-order valence-corrected chi connectivity index (χ0v) is 12.2. The lowest BCUT2D eigenvalue weighted by Gasteiger charge is -2.25. The van der Waals surface area contributed by atoms with Crippen LogP contribution in [0.25, 0.3) is 11.5 Å². The smallest absolute Gasteiger partial charge is 0.411 e. The number of rotatable bonds is 3. The van der Waals surface area contributed by atoms with E-state index in [0.29, 0.717) is 11.6 Å². The maximum absolute atomic E-state index is 11.8. The summed E-state index contributed by atoms with van der Waals surface area (Å²) in [4.78, 5) is 16.1. The van der Waals surface area contributed by atoms with Gasteiger partial charge in [0, 0.05) is 11.3 Å². The van der Waals surface area contributed by atoms with E-state index in [9.17, 15) is 4.79 Å². The number of amides is 1. The molecular weight excluding hydrogens is 268 g/mol. The van der Waals surface area contributed by atoms with Gasteiger partial charge in [0.05, 0.1) is 5.69 Å². The third-order valence-corrected chi connectivity index (χ3v) is 3.66. The van der Waals surface area contributed by atoms with Crippen molar-refractivity contribution in [3.8, 4) is 11.5 Å². The number of benzene rings is 1. The molecule has 21 heavy (non-hydrogen) atoms. The highest BCUT2D eigenvalue weighted by Gasteiger charge is 2.21. The number of carbonyl (C=O) groups excluding carboxylic acids is 1. The topological polar surface area (TPSA) is 64.4 Å². The van der Waals surface area contributed by atoms with Gasteiger partial charge in [-0.25, -0.2) is 9.78 Å². The van der Waals surface area contributed by atoms with Crippen LogP contribution in [0.15, 0.2) is 28.9 Å². The SMILES string of the molecule is Cc1coc(-c2cc(NC(=O)OC3CCC3)ccc2C)n1. The molecule has 1 saturated carbocycles. The number of ether oxygens (including phenoxy) is 1. The van der Waals surface area contributed by atoms with Crippen LogP contribution in [-0.4, -0.2) is 17.2 Å². The summed E-state index contributed by atoms with van der Waals surface area (Å²) in [5.41, 5.74) is 3.40. The highest BCUT2D eigenvalue weighted by Crippen LogP contribution is 2.27. The van der Waals surface area contributed by atoms with Gasteiger partial charge in [-0.1, -0.05) is 6.07 Å². The second kappa shape index (κ2) is 5.60. The van der Waals surface area contributed by atoms with Gasteiger partial charge in [0.15, 0.2) is 0 Å². The maximum atomic E-state index is 11.8. The predicted molar refractivity (Wildman–Crippen MR) is 79.2 cm³/mol. The molecule has 0 saturated heterocycles. The Kier molecular flexibility index (Phi) is 3.64. The first-order valence-corrected chi connectivity index (χ1v) is 7.12. The van der Waals surface area contributed by atoms with E-state index < -0.39 is 6.09 Å². The quantitative estimate of drug-likeness (QED) is 0.924. The number of aromatic nitrogens is 1. The van der Waals surface area contributed by atoms with Crippen molar-refractivity contribution in [2.45, 2.75) is 39.2 Å². The first-order valence-electron chi connectivity index (χ1n) is 7.12. The highest BCUT2D eigenvalue weighted by molar-refractivity contribution is 5.86. The fraction of sp³-hybridized carbons (Fsp3) is 0.375. The number of oxazole rings is 1. The van der Waals surface area contributed by atoms with Gasteiger partial charge in [-0.05, 0) is 50.8 Å². The number of nitrogens with zero attached hydrogens (tertiary/aromatic N) is 1. The predicted octanol–water partition coefficient (Wildman–Crippen LogP) is 4.06. The van der Waals surface area contributed by atoms with Crippen LogP contribution in [0, 0.1) is 13.8 Å². The Bertz CT molecular complexity index is 659. The van der Waals surface area contributed by atoms with E-state index in [1.165, 1.54) is 0 Å². The lowest BCUT2D eigenvalue weighted by molar-refractivity contribution is 0.0624. The maximum Gasteiger partial charge on any atom is 0.411 e. The van der Waals surface area contributed by atoms with Gasteiger partial charge in [0.2, 0.25) is 5.89 Å². The molecule has 1 aromatic heterocycles. The van der Waals surface area contributed by atoms with Crippen molar-refractivity contribution in [3.63, 3.8) is 0 Å². The summed E-state index contributed by atoms with van der Waals surface area (Å²) in [5, 5.41) is 2.75. The Hall–Kier alpha value is -2.30. The second-order valence-corrected chi connectivity index (χ2v) is 5.41. The van der Waals surface area contributed by atoms with Crippen molar-refractivity contribution < 1.29 is 13.9 Å². The molecule has 0 atom stereocenters. The molecule has 0 bridgehead atoms. The van der Waals surface area contributed by atoms with Crippen molar-refractivity contribution in [3.05, 3.63) is 35.7 Å². The van der Waals surface area contributed by atoms with Crippen LogP contribution >= 0.6 is 0 Å². The summed E-state index contributed by atoms with van der Waals surface area (Å²) < 4.78 is 10.7. The van der Waals surface area contributed by atoms with Gasteiger partial charge in [0.1, 0.15) is 12.4 Å². The number of hydrogen-bond acceptors (Lipinski definition) is 4. The van der Waals surface area contributed by atoms with Gasteiger partial charge >= 0.3 is 6.09 Å². The molecule has 0 spiro atoms. The van der Waals surface area contributed by atoms with Gasteiger partial charge < -0.3 is 9.15 Å². The van der Waals surface area contributed by atoms with Crippen molar-refractivity contribution in [1.82, 2.24) is 4.98 Å². The lowest BCUT2D eigenvalue weighted by atomic mass is 9.96. The molecular formula is C16H18N2O3. The van der Waals surface area contributed by atoms with Gasteiger partial charge in [0.25, 0.3) is 0 Å². The highest BCUT2D eigenvalue weighted by atomic mass is 16.6. The monoisotopic (exact) mass is 286 g/mol. The van der Waals surface area contributed by atoms with E-state index in [1.54, 1.807) is 6.26 Å². The fourth-order valence-corrected chi connectivity index (χ4v) is 2.20. The van der Waals surface area contributed by atoms with Crippen LogP contribution in [0.1, 0.15) is 30.5 Å². The van der Waals surface area contributed by atoms with Gasteiger partial charge in [-0.3, -0.25) is 5.32 Å². The Balaban J connectivity index is 1.75. The number of carbonyl (C=O) groups is 1.